The Balaban J connectivity index is 2.77. The molecule has 0 unspecified atom stereocenters. The van der Waals surface area contributed by atoms with Crippen molar-refractivity contribution in [3.8, 4) is 5.75 Å². The second-order valence-corrected chi connectivity index (χ2v) is 3.88. The van der Waals surface area contributed by atoms with E-state index in [1.807, 2.05) is 19.9 Å². The lowest BCUT2D eigenvalue weighted by Crippen LogP contribution is -2.18. The van der Waals surface area contributed by atoms with E-state index < -0.39 is 0 Å². The summed E-state index contributed by atoms with van der Waals surface area (Å²) in [7, 11) is 1.79. The molecule has 1 amide bonds. The van der Waals surface area contributed by atoms with Crippen LogP contribution in [0, 0.1) is 13.8 Å². The molecular formula is C12H18N2O2. The van der Waals surface area contributed by atoms with Gasteiger partial charge >= 0.3 is 0 Å². The van der Waals surface area contributed by atoms with Crippen molar-refractivity contribution >= 4 is 11.6 Å². The van der Waals surface area contributed by atoms with Gasteiger partial charge in [-0.25, -0.2) is 0 Å². The van der Waals surface area contributed by atoms with Gasteiger partial charge in [0.05, 0.1) is 5.69 Å². The fourth-order valence-corrected chi connectivity index (χ4v) is 1.51. The van der Waals surface area contributed by atoms with Crippen molar-refractivity contribution in [3.05, 3.63) is 23.3 Å². The average molecular weight is 222 g/mol. The zero-order valence-electron chi connectivity index (χ0n) is 9.92. The molecule has 4 nitrogen and oxygen atoms in total. The van der Waals surface area contributed by atoms with E-state index in [2.05, 4.69) is 10.6 Å². The molecule has 0 spiro atoms. The van der Waals surface area contributed by atoms with Crippen molar-refractivity contribution < 1.29 is 9.90 Å². The van der Waals surface area contributed by atoms with Gasteiger partial charge in [0.1, 0.15) is 5.75 Å². The number of benzene rings is 1. The lowest BCUT2D eigenvalue weighted by atomic mass is 10.1. The highest BCUT2D eigenvalue weighted by atomic mass is 16.3. The lowest BCUT2D eigenvalue weighted by Gasteiger charge is -2.10. The summed E-state index contributed by atoms with van der Waals surface area (Å²) in [4.78, 5) is 11.5. The third-order valence-electron chi connectivity index (χ3n) is 2.32. The van der Waals surface area contributed by atoms with Crippen molar-refractivity contribution in [2.24, 2.45) is 0 Å². The molecule has 4 heteroatoms. The van der Waals surface area contributed by atoms with Crippen molar-refractivity contribution in [3.63, 3.8) is 0 Å². The van der Waals surface area contributed by atoms with Crippen molar-refractivity contribution in [2.75, 3.05) is 18.9 Å². The fraction of sp³-hybridized carbons (Fsp3) is 0.417. The number of phenolic OH excluding ortho intramolecular Hbond substituents is 1. The summed E-state index contributed by atoms with van der Waals surface area (Å²) >= 11 is 0. The van der Waals surface area contributed by atoms with E-state index in [0.29, 0.717) is 18.7 Å². The Morgan fingerprint density at radius 1 is 1.38 bits per heavy atom. The molecule has 1 aromatic rings. The fourth-order valence-electron chi connectivity index (χ4n) is 1.51. The molecule has 0 radical (unpaired) electrons. The second-order valence-electron chi connectivity index (χ2n) is 3.88. The van der Waals surface area contributed by atoms with Gasteiger partial charge in [0, 0.05) is 13.0 Å². The topological polar surface area (TPSA) is 61.4 Å². The van der Waals surface area contributed by atoms with Gasteiger partial charge < -0.3 is 15.7 Å². The Morgan fingerprint density at radius 2 is 2.06 bits per heavy atom. The van der Waals surface area contributed by atoms with Crippen LogP contribution >= 0.6 is 0 Å². The molecule has 88 valence electrons. The summed E-state index contributed by atoms with van der Waals surface area (Å²) in [6, 6.07) is 3.64. The number of aromatic hydroxyl groups is 1. The molecule has 0 saturated heterocycles. The van der Waals surface area contributed by atoms with Gasteiger partial charge in [-0.15, -0.1) is 0 Å². The minimum atomic E-state index is -0.102. The first-order chi connectivity index (χ1) is 7.54. The smallest absolute Gasteiger partial charge is 0.225 e. The number of hydrogen-bond donors (Lipinski definition) is 3. The first kappa shape index (κ1) is 12.5. The lowest BCUT2D eigenvalue weighted by molar-refractivity contribution is -0.116. The van der Waals surface area contributed by atoms with Gasteiger partial charge in [-0.05, 0) is 38.1 Å². The SMILES string of the molecule is CNCCC(=O)Nc1cc(C)cc(C)c1O. The molecule has 1 aromatic carbocycles. The van der Waals surface area contributed by atoms with Crippen LogP contribution < -0.4 is 10.6 Å². The average Bonchev–Trinajstić information content (AvgIpc) is 2.22. The predicted octanol–water partition coefficient (Wildman–Crippen LogP) is 1.56. The quantitative estimate of drug-likeness (QED) is 0.677. The highest BCUT2D eigenvalue weighted by Crippen LogP contribution is 2.28. The van der Waals surface area contributed by atoms with Gasteiger partial charge in [0.25, 0.3) is 0 Å². The van der Waals surface area contributed by atoms with Crippen LogP contribution in [0.3, 0.4) is 0 Å². The van der Waals surface area contributed by atoms with Crippen LogP contribution in [0.15, 0.2) is 12.1 Å². The molecule has 0 heterocycles. The van der Waals surface area contributed by atoms with Gasteiger partial charge in [0.2, 0.25) is 5.91 Å². The molecule has 0 aliphatic heterocycles. The predicted molar refractivity (Wildman–Crippen MR) is 64.8 cm³/mol. The number of amides is 1. The minimum Gasteiger partial charge on any atom is -0.505 e. The molecule has 0 atom stereocenters. The number of nitrogens with one attached hydrogen (secondary N) is 2. The Hall–Kier alpha value is -1.55. The number of carbonyl (C=O) groups is 1. The Labute approximate surface area is 95.7 Å². The Kier molecular flexibility index (Phi) is 4.31. The third kappa shape index (κ3) is 3.24. The van der Waals surface area contributed by atoms with Crippen LogP contribution in [0.1, 0.15) is 17.5 Å². The van der Waals surface area contributed by atoms with Crippen LogP contribution in [0.4, 0.5) is 5.69 Å². The normalized spacial score (nSPS) is 10.2. The number of rotatable bonds is 4. The van der Waals surface area contributed by atoms with E-state index in [-0.39, 0.29) is 11.7 Å². The third-order valence-corrected chi connectivity index (χ3v) is 2.32. The number of hydrogen-bond acceptors (Lipinski definition) is 3. The van der Waals surface area contributed by atoms with E-state index in [4.69, 9.17) is 0 Å². The molecule has 0 saturated carbocycles. The van der Waals surface area contributed by atoms with E-state index in [1.54, 1.807) is 13.1 Å². The van der Waals surface area contributed by atoms with Gasteiger partial charge in [-0.2, -0.15) is 0 Å². The molecule has 1 rings (SSSR count). The van der Waals surface area contributed by atoms with E-state index >= 15 is 0 Å². The van der Waals surface area contributed by atoms with E-state index in [1.165, 1.54) is 0 Å². The summed E-state index contributed by atoms with van der Waals surface area (Å²) in [6.07, 6.45) is 0.392. The van der Waals surface area contributed by atoms with Crippen molar-refractivity contribution in [1.82, 2.24) is 5.32 Å². The number of anilines is 1. The van der Waals surface area contributed by atoms with Crippen molar-refractivity contribution in [2.45, 2.75) is 20.3 Å². The molecule has 0 fully saturated rings. The molecule has 3 N–H and O–H groups in total. The molecule has 0 bridgehead atoms. The summed E-state index contributed by atoms with van der Waals surface area (Å²) in [5.41, 5.74) is 2.27. The minimum absolute atomic E-state index is 0.102. The van der Waals surface area contributed by atoms with Crippen molar-refractivity contribution in [1.29, 1.82) is 0 Å². The molecular weight excluding hydrogens is 204 g/mol. The molecule has 0 aliphatic rings. The Morgan fingerprint density at radius 3 is 2.69 bits per heavy atom. The number of carbonyl (C=O) groups excluding carboxylic acids is 1. The summed E-state index contributed by atoms with van der Waals surface area (Å²) in [5.74, 6) is 0.0399. The van der Waals surface area contributed by atoms with E-state index in [9.17, 15) is 9.90 Å². The van der Waals surface area contributed by atoms with Crippen LogP contribution in [0.25, 0.3) is 0 Å². The van der Waals surface area contributed by atoms with Gasteiger partial charge in [-0.3, -0.25) is 4.79 Å². The maximum absolute atomic E-state index is 11.5. The van der Waals surface area contributed by atoms with Gasteiger partial charge in [0.15, 0.2) is 0 Å². The summed E-state index contributed by atoms with van der Waals surface area (Å²) in [6.45, 7) is 4.36. The maximum atomic E-state index is 11.5. The maximum Gasteiger partial charge on any atom is 0.225 e. The highest BCUT2D eigenvalue weighted by molar-refractivity contribution is 5.92. The largest absolute Gasteiger partial charge is 0.505 e. The number of phenols is 1. The Bertz CT molecular complexity index is 389. The van der Waals surface area contributed by atoms with Crippen LogP contribution in [-0.4, -0.2) is 24.6 Å². The van der Waals surface area contributed by atoms with Crippen LogP contribution in [0.5, 0.6) is 5.75 Å². The molecule has 0 aromatic heterocycles. The zero-order chi connectivity index (χ0) is 12.1. The van der Waals surface area contributed by atoms with E-state index in [0.717, 1.165) is 11.1 Å². The monoisotopic (exact) mass is 222 g/mol. The van der Waals surface area contributed by atoms with Crippen LogP contribution in [0.2, 0.25) is 0 Å². The molecule has 16 heavy (non-hydrogen) atoms. The molecule has 0 aliphatic carbocycles. The van der Waals surface area contributed by atoms with Gasteiger partial charge in [-0.1, -0.05) is 6.07 Å². The summed E-state index contributed by atoms with van der Waals surface area (Å²) < 4.78 is 0. The first-order valence-corrected chi connectivity index (χ1v) is 5.29. The first-order valence-electron chi connectivity index (χ1n) is 5.29. The summed E-state index contributed by atoms with van der Waals surface area (Å²) in [5, 5.41) is 15.4. The standard InChI is InChI=1S/C12H18N2O2/c1-8-6-9(2)12(16)10(7-8)14-11(15)4-5-13-3/h6-7,13,16H,4-5H2,1-3H3,(H,14,15). The highest BCUT2D eigenvalue weighted by Gasteiger charge is 2.08. The van der Waals surface area contributed by atoms with Crippen LogP contribution in [-0.2, 0) is 4.79 Å². The second kappa shape index (κ2) is 5.51. The number of aryl methyl sites for hydroxylation is 2. The zero-order valence-corrected chi connectivity index (χ0v) is 9.92.